The molecule has 0 bridgehead atoms. The molecule has 1 amide bonds. The normalized spacial score (nSPS) is 11.1. The largest absolute Gasteiger partial charge is 0.573 e. The fourth-order valence-corrected chi connectivity index (χ4v) is 4.11. The zero-order valence-corrected chi connectivity index (χ0v) is 21.4. The highest BCUT2D eigenvalue weighted by molar-refractivity contribution is 7.98. The molecule has 3 aromatic carbocycles. The van der Waals surface area contributed by atoms with E-state index in [0.29, 0.717) is 33.9 Å². The number of rotatable bonds is 8. The van der Waals surface area contributed by atoms with Crippen molar-refractivity contribution in [3.63, 3.8) is 0 Å². The van der Waals surface area contributed by atoms with E-state index in [9.17, 15) is 18.0 Å². The van der Waals surface area contributed by atoms with Gasteiger partial charge in [0.1, 0.15) is 11.5 Å². The monoisotopic (exact) mass is 540 g/mol. The number of benzene rings is 3. The number of nitrogens with one attached hydrogen (secondary N) is 2. The molecular formula is C27H23F3N4O3S. The van der Waals surface area contributed by atoms with Crippen molar-refractivity contribution in [1.82, 2.24) is 9.97 Å². The van der Waals surface area contributed by atoms with Crippen LogP contribution in [0.15, 0.2) is 77.8 Å². The molecule has 7 nitrogen and oxygen atoms in total. The molecule has 0 atom stereocenters. The molecule has 0 unspecified atom stereocenters. The predicted molar refractivity (Wildman–Crippen MR) is 141 cm³/mol. The summed E-state index contributed by atoms with van der Waals surface area (Å²) in [5.41, 5.74) is 3.73. The van der Waals surface area contributed by atoms with Gasteiger partial charge in [-0.25, -0.2) is 9.97 Å². The molecule has 4 rings (SSSR count). The van der Waals surface area contributed by atoms with Gasteiger partial charge in [0.2, 0.25) is 5.95 Å². The third kappa shape index (κ3) is 6.54. The molecule has 4 aromatic rings. The van der Waals surface area contributed by atoms with E-state index in [0.717, 1.165) is 10.5 Å². The summed E-state index contributed by atoms with van der Waals surface area (Å²) in [6.07, 6.45) is -1.28. The number of anilines is 3. The number of hydrogen-bond donors (Lipinski definition) is 2. The summed E-state index contributed by atoms with van der Waals surface area (Å²) in [6.45, 7) is 1.88. The van der Waals surface area contributed by atoms with Gasteiger partial charge in [0.25, 0.3) is 5.91 Å². The van der Waals surface area contributed by atoms with Crippen molar-refractivity contribution in [2.24, 2.45) is 0 Å². The van der Waals surface area contributed by atoms with Crippen LogP contribution in [0.4, 0.5) is 30.5 Å². The second-order valence-corrected chi connectivity index (χ2v) is 8.84. The summed E-state index contributed by atoms with van der Waals surface area (Å²) in [7, 11) is 1.54. The molecule has 196 valence electrons. The first-order chi connectivity index (χ1) is 18.2. The Morgan fingerprint density at radius 2 is 1.71 bits per heavy atom. The number of carbonyl (C=O) groups excluding carboxylic acids is 1. The van der Waals surface area contributed by atoms with E-state index in [2.05, 4.69) is 25.3 Å². The maximum Gasteiger partial charge on any atom is 0.573 e. The van der Waals surface area contributed by atoms with E-state index >= 15 is 0 Å². The molecule has 38 heavy (non-hydrogen) atoms. The molecule has 0 fully saturated rings. The zero-order valence-electron chi connectivity index (χ0n) is 20.6. The van der Waals surface area contributed by atoms with Crippen LogP contribution in [-0.2, 0) is 0 Å². The average Bonchev–Trinajstić information content (AvgIpc) is 2.89. The van der Waals surface area contributed by atoms with Crippen LogP contribution in [0.25, 0.3) is 11.3 Å². The summed E-state index contributed by atoms with van der Waals surface area (Å²) in [5, 5.41) is 5.98. The van der Waals surface area contributed by atoms with Gasteiger partial charge in [-0.05, 0) is 73.3 Å². The lowest BCUT2D eigenvalue weighted by atomic mass is 10.1. The molecule has 0 aliphatic carbocycles. The first-order valence-electron chi connectivity index (χ1n) is 11.3. The number of thioether (sulfide) groups is 1. The molecule has 1 heterocycles. The Bertz CT molecular complexity index is 1430. The van der Waals surface area contributed by atoms with E-state index in [1.807, 2.05) is 25.3 Å². The number of aryl methyl sites for hydroxylation is 1. The van der Waals surface area contributed by atoms with Crippen molar-refractivity contribution < 1.29 is 27.4 Å². The number of aromatic nitrogens is 2. The number of alkyl halides is 3. The lowest BCUT2D eigenvalue weighted by Gasteiger charge is -2.13. The van der Waals surface area contributed by atoms with E-state index in [1.165, 1.54) is 36.0 Å². The topological polar surface area (TPSA) is 85.4 Å². The predicted octanol–water partition coefficient (Wildman–Crippen LogP) is 7.08. The molecule has 0 saturated carbocycles. The van der Waals surface area contributed by atoms with Crippen molar-refractivity contribution in [2.45, 2.75) is 18.2 Å². The third-order valence-corrected chi connectivity index (χ3v) is 6.17. The molecule has 0 aliphatic heterocycles. The molecular weight excluding hydrogens is 517 g/mol. The number of para-hydroxylation sites is 1. The standard InChI is InChI=1S/C27H23F3N4O3S/c1-16-5-4-6-21(36-2)23(16)33-25(35)18-7-11-19(12-8-18)32-26-31-15-22(38-3)24(34-26)17-9-13-20(14-10-17)37-27(28,29)30/h4-15H,1-3H3,(H,33,35)(H,31,32,34). The number of amides is 1. The fraction of sp³-hybridized carbons (Fsp3) is 0.148. The van der Waals surface area contributed by atoms with E-state index in [1.54, 1.807) is 43.6 Å². The number of carbonyl (C=O) groups is 1. The van der Waals surface area contributed by atoms with Crippen LogP contribution in [0.2, 0.25) is 0 Å². The Morgan fingerprint density at radius 1 is 1.00 bits per heavy atom. The maximum atomic E-state index is 12.8. The molecule has 2 N–H and O–H groups in total. The van der Waals surface area contributed by atoms with Gasteiger partial charge in [-0.1, -0.05) is 12.1 Å². The highest BCUT2D eigenvalue weighted by atomic mass is 32.2. The minimum atomic E-state index is -4.76. The smallest absolute Gasteiger partial charge is 0.495 e. The van der Waals surface area contributed by atoms with E-state index < -0.39 is 6.36 Å². The average molecular weight is 541 g/mol. The Kier molecular flexibility index (Phi) is 8.06. The number of nitrogens with zero attached hydrogens (tertiary/aromatic N) is 2. The minimum Gasteiger partial charge on any atom is -0.495 e. The molecule has 1 aromatic heterocycles. The molecule has 0 spiro atoms. The Balaban J connectivity index is 1.50. The quantitative estimate of drug-likeness (QED) is 0.231. The van der Waals surface area contributed by atoms with Gasteiger partial charge in [0.15, 0.2) is 0 Å². The third-order valence-electron chi connectivity index (χ3n) is 5.43. The lowest BCUT2D eigenvalue weighted by Crippen LogP contribution is -2.16. The first kappa shape index (κ1) is 26.8. The van der Waals surface area contributed by atoms with Crippen molar-refractivity contribution in [3.05, 3.63) is 84.1 Å². The first-order valence-corrected chi connectivity index (χ1v) is 12.5. The Morgan fingerprint density at radius 3 is 2.34 bits per heavy atom. The van der Waals surface area contributed by atoms with Crippen molar-refractivity contribution in [3.8, 4) is 22.8 Å². The van der Waals surface area contributed by atoms with Gasteiger partial charge in [-0.3, -0.25) is 4.79 Å². The summed E-state index contributed by atoms with van der Waals surface area (Å²) in [4.78, 5) is 22.4. The molecule has 0 saturated heterocycles. The number of methoxy groups -OCH3 is 1. The van der Waals surface area contributed by atoms with Gasteiger partial charge in [0.05, 0.1) is 23.4 Å². The van der Waals surface area contributed by atoms with Crippen LogP contribution >= 0.6 is 11.8 Å². The summed E-state index contributed by atoms with van der Waals surface area (Å²) >= 11 is 1.41. The van der Waals surface area contributed by atoms with Gasteiger partial charge < -0.3 is 20.1 Å². The number of hydrogen-bond acceptors (Lipinski definition) is 7. The van der Waals surface area contributed by atoms with Gasteiger partial charge in [0, 0.05) is 23.0 Å². The van der Waals surface area contributed by atoms with Crippen LogP contribution < -0.4 is 20.1 Å². The summed E-state index contributed by atoms with van der Waals surface area (Å²) < 4.78 is 46.7. The second kappa shape index (κ2) is 11.4. The molecule has 0 aliphatic rings. The van der Waals surface area contributed by atoms with Crippen molar-refractivity contribution in [2.75, 3.05) is 24.0 Å². The lowest BCUT2D eigenvalue weighted by molar-refractivity contribution is -0.274. The molecule has 11 heteroatoms. The maximum absolute atomic E-state index is 12.8. The minimum absolute atomic E-state index is 0.287. The van der Waals surface area contributed by atoms with Crippen molar-refractivity contribution >= 4 is 35.0 Å². The SMILES string of the molecule is COc1cccc(C)c1NC(=O)c1ccc(Nc2ncc(SC)c(-c3ccc(OC(F)(F)F)cc3)n2)cc1. The van der Waals surface area contributed by atoms with E-state index in [-0.39, 0.29) is 17.6 Å². The van der Waals surface area contributed by atoms with Gasteiger partial charge in [-0.2, -0.15) is 0 Å². The Labute approximate surface area is 221 Å². The van der Waals surface area contributed by atoms with Crippen molar-refractivity contribution in [1.29, 1.82) is 0 Å². The van der Waals surface area contributed by atoms with Crippen LogP contribution in [0, 0.1) is 6.92 Å². The summed E-state index contributed by atoms with van der Waals surface area (Å²) in [6, 6.07) is 17.8. The van der Waals surface area contributed by atoms with Crippen LogP contribution in [0.5, 0.6) is 11.5 Å². The summed E-state index contributed by atoms with van der Waals surface area (Å²) in [5.74, 6) is 0.255. The Hall–Kier alpha value is -4.25. The highest BCUT2D eigenvalue weighted by Gasteiger charge is 2.31. The van der Waals surface area contributed by atoms with Crippen LogP contribution in [-0.4, -0.2) is 35.6 Å². The molecule has 0 radical (unpaired) electrons. The van der Waals surface area contributed by atoms with E-state index in [4.69, 9.17) is 4.74 Å². The second-order valence-electron chi connectivity index (χ2n) is 7.99. The van der Waals surface area contributed by atoms with Crippen LogP contribution in [0.3, 0.4) is 0 Å². The van der Waals surface area contributed by atoms with Crippen LogP contribution in [0.1, 0.15) is 15.9 Å². The van der Waals surface area contributed by atoms with Gasteiger partial charge >= 0.3 is 6.36 Å². The van der Waals surface area contributed by atoms with Gasteiger partial charge in [-0.15, -0.1) is 24.9 Å². The number of halogens is 3. The highest BCUT2D eigenvalue weighted by Crippen LogP contribution is 2.32. The fourth-order valence-electron chi connectivity index (χ4n) is 3.59. The number of ether oxygens (including phenoxy) is 2. The zero-order chi connectivity index (χ0) is 27.3.